The molecule has 250 valence electrons. The van der Waals surface area contributed by atoms with Gasteiger partial charge in [0, 0.05) is 44.3 Å². The van der Waals surface area contributed by atoms with Gasteiger partial charge in [0.25, 0.3) is 5.91 Å². The van der Waals surface area contributed by atoms with Gasteiger partial charge in [-0.2, -0.15) is 4.98 Å². The second kappa shape index (κ2) is 13.8. The largest absolute Gasteiger partial charge is 0.495 e. The van der Waals surface area contributed by atoms with Crippen LogP contribution in [0.1, 0.15) is 76.1 Å². The number of likely N-dealkylation sites (N-methyl/N-ethyl adjacent to an activating group) is 1. The number of nitrogens with two attached hydrogens (primary N) is 1. The number of ether oxygens (including phenoxy) is 1. The second-order valence-electron chi connectivity index (χ2n) is 13.1. The molecule has 0 bridgehead atoms. The highest BCUT2D eigenvalue weighted by Gasteiger charge is 2.41. The molecule has 1 aromatic heterocycles. The lowest BCUT2D eigenvalue weighted by molar-refractivity contribution is -0.144. The van der Waals surface area contributed by atoms with Crippen molar-refractivity contribution in [1.82, 2.24) is 20.2 Å². The van der Waals surface area contributed by atoms with E-state index in [9.17, 15) is 19.5 Å². The number of nitrogens with zero attached hydrogens (tertiary/aromatic N) is 5. The summed E-state index contributed by atoms with van der Waals surface area (Å²) in [4.78, 5) is 53.4. The fraction of sp³-hybridized carbons (Fsp3) is 0.606. The molecular weight excluding hydrogens is 588 g/mol. The number of carboxylic acid groups (broad SMARTS) is 1. The summed E-state index contributed by atoms with van der Waals surface area (Å²) in [5, 5.41) is 15.8. The number of aromatic nitrogens is 2. The standard InChI is InChI=1S/C33H48N8O5/c1-6-25-30(43)39(4)26-18-35-32(38-28(26)41(25)23-9-7-8-10-23)37-24-12-11-21(17-27(24)46-5)29(42)36-22-13-15-40(16-14-22)19-20(2)33(3,34)31(44)45/h11-12,17-18,20,22-23,25H,6-10,13-16,19,34H2,1-5H3,(H,36,42)(H,44,45)(H,35,37,38)/t20?,25-,33-/m1/s1. The highest BCUT2D eigenvalue weighted by atomic mass is 16.5. The number of methoxy groups -OCH3 is 1. The molecule has 0 radical (unpaired) electrons. The topological polar surface area (TPSA) is 166 Å². The molecule has 2 aromatic rings. The maximum Gasteiger partial charge on any atom is 0.323 e. The van der Waals surface area contributed by atoms with Crippen LogP contribution in [0.2, 0.25) is 0 Å². The number of carbonyl (C=O) groups is 3. The molecule has 3 atom stereocenters. The fourth-order valence-electron chi connectivity index (χ4n) is 6.82. The van der Waals surface area contributed by atoms with Crippen molar-refractivity contribution >= 4 is 40.9 Å². The molecular formula is C33H48N8O5. The number of fused-ring (bicyclic) bond motifs is 1. The molecule has 0 spiro atoms. The van der Waals surface area contributed by atoms with E-state index in [0.29, 0.717) is 41.6 Å². The van der Waals surface area contributed by atoms with Crippen molar-refractivity contribution in [1.29, 1.82) is 0 Å². The van der Waals surface area contributed by atoms with Crippen LogP contribution in [0.15, 0.2) is 24.4 Å². The molecule has 2 fully saturated rings. The van der Waals surface area contributed by atoms with E-state index in [1.165, 1.54) is 0 Å². The zero-order valence-corrected chi connectivity index (χ0v) is 27.6. The van der Waals surface area contributed by atoms with E-state index in [4.69, 9.17) is 15.5 Å². The average molecular weight is 637 g/mol. The van der Waals surface area contributed by atoms with E-state index in [-0.39, 0.29) is 35.9 Å². The van der Waals surface area contributed by atoms with Gasteiger partial charge in [-0.15, -0.1) is 0 Å². The van der Waals surface area contributed by atoms with E-state index in [1.807, 2.05) is 13.8 Å². The van der Waals surface area contributed by atoms with Crippen LogP contribution in [0.3, 0.4) is 0 Å². The quantitative estimate of drug-likeness (QED) is 0.286. The zero-order valence-electron chi connectivity index (χ0n) is 27.6. The Bertz CT molecular complexity index is 1440. The number of carbonyl (C=O) groups excluding carboxylic acids is 2. The highest BCUT2D eigenvalue weighted by Crippen LogP contribution is 2.40. The van der Waals surface area contributed by atoms with Crippen molar-refractivity contribution in [3.8, 4) is 5.75 Å². The summed E-state index contributed by atoms with van der Waals surface area (Å²) < 4.78 is 5.65. The first-order chi connectivity index (χ1) is 21.9. The Morgan fingerprint density at radius 2 is 1.89 bits per heavy atom. The Hall–Kier alpha value is -3.97. The normalized spacial score (nSPS) is 21.4. The molecule has 1 saturated heterocycles. The number of piperidine rings is 1. The molecule has 5 N–H and O–H groups in total. The molecule has 1 aromatic carbocycles. The fourth-order valence-corrected chi connectivity index (χ4v) is 6.82. The van der Waals surface area contributed by atoms with Gasteiger partial charge in [0.1, 0.15) is 23.0 Å². The van der Waals surface area contributed by atoms with Gasteiger partial charge in [0.05, 0.1) is 19.0 Å². The summed E-state index contributed by atoms with van der Waals surface area (Å²) in [7, 11) is 3.33. The number of carboxylic acids is 1. The molecule has 5 rings (SSSR count). The molecule has 13 nitrogen and oxygen atoms in total. The highest BCUT2D eigenvalue weighted by molar-refractivity contribution is 6.04. The van der Waals surface area contributed by atoms with Gasteiger partial charge in [0.15, 0.2) is 5.82 Å². The molecule has 1 unspecified atom stereocenters. The third-order valence-electron chi connectivity index (χ3n) is 10.1. The third-order valence-corrected chi connectivity index (χ3v) is 10.1. The SMILES string of the molecule is CC[C@@H]1C(=O)N(C)c2cnc(Nc3ccc(C(=O)NC4CCN(CC(C)[C@@](C)(N)C(=O)O)CC4)cc3OC)nc2N1C1CCCC1. The number of rotatable bonds is 11. The Morgan fingerprint density at radius 3 is 2.52 bits per heavy atom. The van der Waals surface area contributed by atoms with Gasteiger partial charge >= 0.3 is 5.97 Å². The lowest BCUT2D eigenvalue weighted by atomic mass is 9.87. The smallest absolute Gasteiger partial charge is 0.323 e. The molecule has 13 heteroatoms. The van der Waals surface area contributed by atoms with Gasteiger partial charge in [-0.25, -0.2) is 4.98 Å². The minimum atomic E-state index is -1.29. The monoisotopic (exact) mass is 636 g/mol. The maximum absolute atomic E-state index is 13.2. The predicted octanol–water partition coefficient (Wildman–Crippen LogP) is 3.37. The third kappa shape index (κ3) is 6.75. The molecule has 1 saturated carbocycles. The first-order valence-corrected chi connectivity index (χ1v) is 16.4. The van der Waals surface area contributed by atoms with Gasteiger partial charge in [-0.05, 0) is 63.1 Å². The first kappa shape index (κ1) is 33.4. The second-order valence-corrected chi connectivity index (χ2v) is 13.1. The van der Waals surface area contributed by atoms with Crippen LogP contribution in [0.4, 0.5) is 23.1 Å². The lowest BCUT2D eigenvalue weighted by Gasteiger charge is -2.43. The minimum absolute atomic E-state index is 0.00950. The van der Waals surface area contributed by atoms with Crippen molar-refractivity contribution in [2.24, 2.45) is 11.7 Å². The number of amides is 2. The van der Waals surface area contributed by atoms with Crippen LogP contribution in [0.25, 0.3) is 0 Å². The summed E-state index contributed by atoms with van der Waals surface area (Å²) in [6.07, 6.45) is 8.27. The number of benzene rings is 1. The summed E-state index contributed by atoms with van der Waals surface area (Å²) >= 11 is 0. The Balaban J connectivity index is 1.24. The predicted molar refractivity (Wildman–Crippen MR) is 177 cm³/mol. The minimum Gasteiger partial charge on any atom is -0.495 e. The lowest BCUT2D eigenvalue weighted by Crippen LogP contribution is -2.55. The molecule has 2 aliphatic heterocycles. The molecule has 3 heterocycles. The van der Waals surface area contributed by atoms with Crippen LogP contribution in [0.5, 0.6) is 5.75 Å². The summed E-state index contributed by atoms with van der Waals surface area (Å²) in [6.45, 7) is 7.54. The summed E-state index contributed by atoms with van der Waals surface area (Å²) in [5.41, 5.74) is 6.52. The van der Waals surface area contributed by atoms with Crippen molar-refractivity contribution in [2.75, 3.05) is 48.9 Å². The number of hydrogen-bond donors (Lipinski definition) is 4. The summed E-state index contributed by atoms with van der Waals surface area (Å²) in [5.74, 6) is 0.280. The summed E-state index contributed by atoms with van der Waals surface area (Å²) in [6, 6.07) is 5.25. The molecule has 3 aliphatic rings. The number of nitrogens with one attached hydrogen (secondary N) is 2. The first-order valence-electron chi connectivity index (χ1n) is 16.4. The number of anilines is 4. The average Bonchev–Trinajstić information content (AvgIpc) is 3.58. The Kier molecular flexibility index (Phi) is 10.0. The van der Waals surface area contributed by atoms with Crippen molar-refractivity contribution < 1.29 is 24.2 Å². The Morgan fingerprint density at radius 1 is 1.20 bits per heavy atom. The van der Waals surface area contributed by atoms with E-state index in [0.717, 1.165) is 57.4 Å². The van der Waals surface area contributed by atoms with Gasteiger partial charge in [0.2, 0.25) is 11.9 Å². The Labute approximate surface area is 270 Å². The molecule has 1 aliphatic carbocycles. The van der Waals surface area contributed by atoms with Crippen LogP contribution in [0, 0.1) is 5.92 Å². The van der Waals surface area contributed by atoms with Gasteiger partial charge in [-0.1, -0.05) is 26.7 Å². The van der Waals surface area contributed by atoms with E-state index >= 15 is 0 Å². The maximum atomic E-state index is 13.2. The van der Waals surface area contributed by atoms with Crippen LogP contribution < -0.4 is 30.9 Å². The van der Waals surface area contributed by atoms with E-state index in [1.54, 1.807) is 50.4 Å². The van der Waals surface area contributed by atoms with Crippen molar-refractivity contribution in [3.05, 3.63) is 30.0 Å². The van der Waals surface area contributed by atoms with Crippen LogP contribution >= 0.6 is 0 Å². The number of aliphatic carboxylic acids is 1. The van der Waals surface area contributed by atoms with Crippen LogP contribution in [-0.2, 0) is 9.59 Å². The van der Waals surface area contributed by atoms with E-state index in [2.05, 4.69) is 25.4 Å². The van der Waals surface area contributed by atoms with Gasteiger partial charge in [-0.3, -0.25) is 14.4 Å². The van der Waals surface area contributed by atoms with Gasteiger partial charge < -0.3 is 40.9 Å². The van der Waals surface area contributed by atoms with Crippen molar-refractivity contribution in [2.45, 2.75) is 89.4 Å². The number of hydrogen-bond acceptors (Lipinski definition) is 10. The molecule has 2 amide bonds. The van der Waals surface area contributed by atoms with Crippen LogP contribution in [-0.4, -0.2) is 95.2 Å². The van der Waals surface area contributed by atoms with Crippen molar-refractivity contribution in [3.63, 3.8) is 0 Å². The van der Waals surface area contributed by atoms with E-state index < -0.39 is 11.5 Å². The zero-order chi connectivity index (χ0) is 33.2. The number of likely N-dealkylation sites (tertiary alicyclic amines) is 1. The molecule has 46 heavy (non-hydrogen) atoms.